The molecule has 0 aliphatic carbocycles. The Morgan fingerprint density at radius 3 is 2.47 bits per heavy atom. The van der Waals surface area contributed by atoms with E-state index in [2.05, 4.69) is 15.7 Å². The number of hydrogen-bond acceptors (Lipinski definition) is 4. The first-order valence-corrected chi connectivity index (χ1v) is 9.62. The van der Waals surface area contributed by atoms with E-state index in [-0.39, 0.29) is 24.9 Å². The van der Waals surface area contributed by atoms with Crippen LogP contribution in [0.5, 0.6) is 0 Å². The summed E-state index contributed by atoms with van der Waals surface area (Å²) in [5.41, 5.74) is 2.98. The van der Waals surface area contributed by atoms with Crippen LogP contribution >= 0.6 is 11.6 Å². The van der Waals surface area contributed by atoms with Gasteiger partial charge in [0, 0.05) is 28.9 Å². The van der Waals surface area contributed by atoms with Gasteiger partial charge in [-0.15, -0.1) is 0 Å². The maximum Gasteiger partial charge on any atom is 0.324 e. The summed E-state index contributed by atoms with van der Waals surface area (Å²) in [5.74, 6) is -0.489. The van der Waals surface area contributed by atoms with Gasteiger partial charge in [-0.3, -0.25) is 14.5 Å². The van der Waals surface area contributed by atoms with E-state index < -0.39 is 6.03 Å². The minimum atomic E-state index is -0.402. The molecule has 2 aromatic carbocycles. The zero-order valence-electron chi connectivity index (χ0n) is 15.8. The Hall–Kier alpha value is -3.65. The van der Waals surface area contributed by atoms with Crippen LogP contribution in [-0.4, -0.2) is 39.1 Å². The normalized spacial score (nSPS) is 13.4. The molecule has 1 aliphatic rings. The van der Waals surface area contributed by atoms with Crippen LogP contribution in [0.25, 0.3) is 5.69 Å². The molecule has 0 spiro atoms. The maximum atomic E-state index is 12.4. The third kappa shape index (κ3) is 4.33. The summed E-state index contributed by atoms with van der Waals surface area (Å²) in [7, 11) is 0. The zero-order chi connectivity index (χ0) is 21.1. The number of benzene rings is 2. The summed E-state index contributed by atoms with van der Waals surface area (Å²) in [5, 5.41) is 10.3. The molecule has 2 N–H and O–H groups in total. The molecule has 3 aromatic rings. The van der Waals surface area contributed by atoms with Crippen LogP contribution in [0.2, 0.25) is 5.02 Å². The highest BCUT2D eigenvalue weighted by atomic mass is 35.5. The van der Waals surface area contributed by atoms with E-state index >= 15 is 0 Å². The number of urea groups is 1. The van der Waals surface area contributed by atoms with Crippen molar-refractivity contribution >= 4 is 29.4 Å². The van der Waals surface area contributed by atoms with E-state index in [0.717, 1.165) is 21.7 Å². The first-order chi connectivity index (χ1) is 14.5. The third-order valence-electron chi connectivity index (χ3n) is 4.67. The Morgan fingerprint density at radius 2 is 1.80 bits per heavy atom. The number of imide groups is 1. The molecule has 0 atom stereocenters. The second-order valence-electron chi connectivity index (χ2n) is 6.79. The molecule has 1 fully saturated rings. The Bertz CT molecular complexity index is 1080. The number of carbonyl (C=O) groups is 3. The second-order valence-corrected chi connectivity index (χ2v) is 7.22. The lowest BCUT2D eigenvalue weighted by molar-refractivity contribution is -0.125. The predicted molar refractivity (Wildman–Crippen MR) is 110 cm³/mol. The quantitative estimate of drug-likeness (QED) is 0.595. The van der Waals surface area contributed by atoms with E-state index in [4.69, 9.17) is 11.6 Å². The Balaban J connectivity index is 1.33. The van der Waals surface area contributed by atoms with Gasteiger partial charge in [0.1, 0.15) is 0 Å². The van der Waals surface area contributed by atoms with Crippen molar-refractivity contribution in [1.29, 1.82) is 0 Å². The smallest absolute Gasteiger partial charge is 0.324 e. The SMILES string of the molecule is O=C(NCc1cnn(-c2ccc(Cl)cc2)c1)c1ccc(CN2C(=O)CNC2=O)cc1. The van der Waals surface area contributed by atoms with Gasteiger partial charge in [-0.2, -0.15) is 5.10 Å². The highest BCUT2D eigenvalue weighted by Gasteiger charge is 2.28. The molecule has 2 heterocycles. The number of hydrogen-bond donors (Lipinski definition) is 2. The number of rotatable bonds is 6. The van der Waals surface area contributed by atoms with Crippen molar-refractivity contribution < 1.29 is 14.4 Å². The van der Waals surface area contributed by atoms with E-state index in [1.54, 1.807) is 47.3 Å². The lowest BCUT2D eigenvalue weighted by Crippen LogP contribution is -2.30. The number of nitrogens with zero attached hydrogens (tertiary/aromatic N) is 3. The Kier molecular flexibility index (Phi) is 5.49. The largest absolute Gasteiger partial charge is 0.348 e. The molecule has 0 bridgehead atoms. The molecule has 4 amide bonds. The minimum Gasteiger partial charge on any atom is -0.348 e. The summed E-state index contributed by atoms with van der Waals surface area (Å²) in [6, 6.07) is 13.7. The van der Waals surface area contributed by atoms with Crippen LogP contribution in [0.3, 0.4) is 0 Å². The highest BCUT2D eigenvalue weighted by Crippen LogP contribution is 2.14. The molecular formula is C21H18ClN5O3. The maximum absolute atomic E-state index is 12.4. The number of carbonyl (C=O) groups excluding carboxylic acids is 3. The molecule has 0 radical (unpaired) electrons. The van der Waals surface area contributed by atoms with E-state index in [1.165, 1.54) is 0 Å². The van der Waals surface area contributed by atoms with Gasteiger partial charge in [-0.25, -0.2) is 9.48 Å². The first kappa shape index (κ1) is 19.7. The molecule has 1 aromatic heterocycles. The van der Waals surface area contributed by atoms with Crippen LogP contribution < -0.4 is 10.6 Å². The first-order valence-electron chi connectivity index (χ1n) is 9.24. The van der Waals surface area contributed by atoms with Crippen LogP contribution in [-0.2, 0) is 17.9 Å². The summed E-state index contributed by atoms with van der Waals surface area (Å²) in [4.78, 5) is 36.8. The molecule has 152 valence electrons. The molecular weight excluding hydrogens is 406 g/mol. The molecule has 0 saturated carbocycles. The Morgan fingerprint density at radius 1 is 1.07 bits per heavy atom. The van der Waals surface area contributed by atoms with E-state index in [9.17, 15) is 14.4 Å². The average Bonchev–Trinajstić information content (AvgIpc) is 3.35. The summed E-state index contributed by atoms with van der Waals surface area (Å²) >= 11 is 5.90. The van der Waals surface area contributed by atoms with Crippen molar-refractivity contribution in [3.8, 4) is 5.69 Å². The molecule has 9 heteroatoms. The molecule has 1 aliphatic heterocycles. The van der Waals surface area contributed by atoms with Gasteiger partial charge in [0.2, 0.25) is 5.91 Å². The molecule has 8 nitrogen and oxygen atoms in total. The van der Waals surface area contributed by atoms with Crippen molar-refractivity contribution in [3.05, 3.63) is 82.6 Å². The summed E-state index contributed by atoms with van der Waals surface area (Å²) < 4.78 is 1.71. The fourth-order valence-corrected chi connectivity index (χ4v) is 3.16. The van der Waals surface area contributed by atoms with Gasteiger partial charge < -0.3 is 10.6 Å². The highest BCUT2D eigenvalue weighted by molar-refractivity contribution is 6.30. The fraction of sp³-hybridized carbons (Fsp3) is 0.143. The monoisotopic (exact) mass is 423 g/mol. The summed E-state index contributed by atoms with van der Waals surface area (Å²) in [6.45, 7) is 0.529. The standard InChI is InChI=1S/C21H18ClN5O3/c22-17-5-7-18(8-6-17)27-13-15(10-25-27)9-23-20(29)16-3-1-14(2-4-16)12-26-19(28)11-24-21(26)30/h1-8,10,13H,9,11-12H2,(H,23,29)(H,24,30). The predicted octanol–water partition coefficient (Wildman–Crippen LogP) is 2.51. The number of halogens is 1. The van der Waals surface area contributed by atoms with Gasteiger partial charge in [0.15, 0.2) is 0 Å². The fourth-order valence-electron chi connectivity index (χ4n) is 3.03. The van der Waals surface area contributed by atoms with Gasteiger partial charge >= 0.3 is 6.03 Å². The summed E-state index contributed by atoms with van der Waals surface area (Å²) in [6.07, 6.45) is 3.53. The van der Waals surface area contributed by atoms with Crippen molar-refractivity contribution in [1.82, 2.24) is 25.3 Å². The topological polar surface area (TPSA) is 96.3 Å². The third-order valence-corrected chi connectivity index (χ3v) is 4.93. The molecule has 30 heavy (non-hydrogen) atoms. The van der Waals surface area contributed by atoms with Crippen molar-refractivity contribution in [2.24, 2.45) is 0 Å². The van der Waals surface area contributed by atoms with Crippen molar-refractivity contribution in [3.63, 3.8) is 0 Å². The Labute approximate surface area is 177 Å². The minimum absolute atomic E-state index is 0.0218. The number of nitrogens with one attached hydrogen (secondary N) is 2. The van der Waals surface area contributed by atoms with Gasteiger partial charge in [-0.05, 0) is 42.0 Å². The average molecular weight is 424 g/mol. The lowest BCUT2D eigenvalue weighted by Gasteiger charge is -2.12. The van der Waals surface area contributed by atoms with E-state index in [0.29, 0.717) is 17.1 Å². The second kappa shape index (κ2) is 8.38. The molecule has 0 unspecified atom stereocenters. The molecule has 1 saturated heterocycles. The van der Waals surface area contributed by atoms with Crippen LogP contribution in [0, 0.1) is 0 Å². The van der Waals surface area contributed by atoms with Crippen LogP contribution in [0.15, 0.2) is 60.9 Å². The van der Waals surface area contributed by atoms with Crippen molar-refractivity contribution in [2.45, 2.75) is 13.1 Å². The van der Waals surface area contributed by atoms with E-state index in [1.807, 2.05) is 18.3 Å². The lowest BCUT2D eigenvalue weighted by atomic mass is 10.1. The number of amides is 4. The zero-order valence-corrected chi connectivity index (χ0v) is 16.6. The van der Waals surface area contributed by atoms with Crippen molar-refractivity contribution in [2.75, 3.05) is 6.54 Å². The van der Waals surface area contributed by atoms with Gasteiger partial charge in [0.25, 0.3) is 5.91 Å². The van der Waals surface area contributed by atoms with Crippen LogP contribution in [0.1, 0.15) is 21.5 Å². The number of aromatic nitrogens is 2. The molecule has 4 rings (SSSR count). The van der Waals surface area contributed by atoms with Crippen LogP contribution in [0.4, 0.5) is 4.79 Å². The van der Waals surface area contributed by atoms with Gasteiger partial charge in [-0.1, -0.05) is 23.7 Å². The van der Waals surface area contributed by atoms with Gasteiger partial charge in [0.05, 0.1) is 25.0 Å².